The Morgan fingerprint density at radius 1 is 1.30 bits per heavy atom. The van der Waals surface area contributed by atoms with Gasteiger partial charge >= 0.3 is 6.03 Å². The SMILES string of the molecule is CC1N(c2ccc(Cl)c(Cl)c2)C(=O)N(F)N1SC(Cl)Cl. The van der Waals surface area contributed by atoms with Crippen LogP contribution in [0.4, 0.5) is 15.0 Å². The Morgan fingerprint density at radius 3 is 2.50 bits per heavy atom. The van der Waals surface area contributed by atoms with Gasteiger partial charge in [-0.2, -0.15) is 0 Å². The van der Waals surface area contributed by atoms with E-state index in [2.05, 4.69) is 0 Å². The normalized spacial score (nSPS) is 20.4. The lowest BCUT2D eigenvalue weighted by Gasteiger charge is -2.24. The maximum atomic E-state index is 13.9. The lowest BCUT2D eigenvalue weighted by Crippen LogP contribution is -2.34. The number of alkyl halides is 2. The van der Waals surface area contributed by atoms with Crippen LogP contribution in [0.25, 0.3) is 0 Å². The second-order valence-electron chi connectivity index (χ2n) is 3.81. The number of anilines is 1. The van der Waals surface area contributed by atoms with Crippen LogP contribution < -0.4 is 4.90 Å². The zero-order valence-corrected chi connectivity index (χ0v) is 13.8. The molecule has 20 heavy (non-hydrogen) atoms. The highest BCUT2D eigenvalue weighted by atomic mass is 35.5. The Balaban J connectivity index is 2.32. The molecule has 1 atom stereocenters. The van der Waals surface area contributed by atoms with Gasteiger partial charge < -0.3 is 0 Å². The fourth-order valence-electron chi connectivity index (χ4n) is 1.75. The summed E-state index contributed by atoms with van der Waals surface area (Å²) in [6.45, 7) is 1.63. The first-order valence-electron chi connectivity index (χ1n) is 5.31. The van der Waals surface area contributed by atoms with Crippen LogP contribution in [0.15, 0.2) is 18.2 Å². The lowest BCUT2D eigenvalue weighted by atomic mass is 10.3. The van der Waals surface area contributed by atoms with Crippen LogP contribution in [0.1, 0.15) is 6.92 Å². The predicted octanol–water partition coefficient (Wildman–Crippen LogP) is 5.09. The van der Waals surface area contributed by atoms with E-state index in [0.717, 1.165) is 16.4 Å². The first kappa shape index (κ1) is 16.3. The van der Waals surface area contributed by atoms with Crippen LogP contribution in [-0.4, -0.2) is 26.0 Å². The van der Waals surface area contributed by atoms with E-state index in [9.17, 15) is 9.28 Å². The van der Waals surface area contributed by atoms with Gasteiger partial charge in [-0.15, -0.1) is 4.41 Å². The van der Waals surface area contributed by atoms with E-state index >= 15 is 0 Å². The van der Waals surface area contributed by atoms with Crippen LogP contribution in [0.3, 0.4) is 0 Å². The third-order valence-corrected chi connectivity index (χ3v) is 4.64. The van der Waals surface area contributed by atoms with Gasteiger partial charge in [-0.25, -0.2) is 4.79 Å². The molecule has 2 rings (SSSR count). The molecule has 0 aromatic heterocycles. The van der Waals surface area contributed by atoms with Crippen LogP contribution >= 0.6 is 58.4 Å². The molecule has 1 fully saturated rings. The molecule has 2 amide bonds. The minimum Gasteiger partial charge on any atom is -0.272 e. The first-order valence-corrected chi connectivity index (χ1v) is 7.77. The molecule has 1 aliphatic heterocycles. The summed E-state index contributed by atoms with van der Waals surface area (Å²) < 4.78 is 14.0. The van der Waals surface area contributed by atoms with Crippen molar-refractivity contribution in [2.75, 3.05) is 4.90 Å². The van der Waals surface area contributed by atoms with Gasteiger partial charge in [0.25, 0.3) is 0 Å². The van der Waals surface area contributed by atoms with Gasteiger partial charge in [-0.1, -0.05) is 56.1 Å². The van der Waals surface area contributed by atoms with Gasteiger partial charge in [-0.05, 0) is 37.1 Å². The molecule has 0 spiro atoms. The fraction of sp³-hybridized carbons (Fsp3) is 0.300. The van der Waals surface area contributed by atoms with Gasteiger partial charge in [0.15, 0.2) is 4.17 Å². The van der Waals surface area contributed by atoms with Gasteiger partial charge in [0, 0.05) is 5.69 Å². The van der Waals surface area contributed by atoms with Crippen LogP contribution in [-0.2, 0) is 0 Å². The van der Waals surface area contributed by atoms with Crippen molar-refractivity contribution in [2.24, 2.45) is 0 Å². The van der Waals surface area contributed by atoms with Gasteiger partial charge in [0.05, 0.1) is 10.0 Å². The highest BCUT2D eigenvalue weighted by Crippen LogP contribution is 2.38. The van der Waals surface area contributed by atoms with Crippen molar-refractivity contribution in [1.82, 2.24) is 9.65 Å². The molecule has 0 N–H and O–H groups in total. The molecule has 1 aliphatic rings. The number of amides is 2. The van der Waals surface area contributed by atoms with E-state index in [1.54, 1.807) is 13.0 Å². The topological polar surface area (TPSA) is 26.8 Å². The zero-order chi connectivity index (χ0) is 15.0. The first-order chi connectivity index (χ1) is 9.32. The molecule has 0 aliphatic carbocycles. The van der Waals surface area contributed by atoms with E-state index < -0.39 is 16.4 Å². The summed E-state index contributed by atoms with van der Waals surface area (Å²) in [6.07, 6.45) is -0.630. The molecule has 1 heterocycles. The lowest BCUT2D eigenvalue weighted by molar-refractivity contribution is -0.0427. The number of carbonyl (C=O) groups is 1. The Labute approximate surface area is 139 Å². The van der Waals surface area contributed by atoms with Gasteiger partial charge in [0.2, 0.25) is 0 Å². The summed E-state index contributed by atoms with van der Waals surface area (Å²) in [5.74, 6) is 0. The molecule has 1 aromatic carbocycles. The van der Waals surface area contributed by atoms with E-state index in [1.165, 1.54) is 17.0 Å². The average molecular weight is 379 g/mol. The summed E-state index contributed by atoms with van der Waals surface area (Å²) in [4.78, 5) is 13.2. The Bertz CT molecular complexity index is 535. The number of carbonyl (C=O) groups excluding carboxylic acids is 1. The molecule has 4 nitrogen and oxygen atoms in total. The van der Waals surface area contributed by atoms with Crippen LogP contribution in [0, 0.1) is 0 Å². The molecule has 1 aromatic rings. The Morgan fingerprint density at radius 2 is 1.95 bits per heavy atom. The van der Waals surface area contributed by atoms with Crippen molar-refractivity contribution in [3.8, 4) is 0 Å². The van der Waals surface area contributed by atoms with Gasteiger partial charge in [-0.3, -0.25) is 4.90 Å². The third-order valence-electron chi connectivity index (χ3n) is 2.60. The number of hydrazine groups is 1. The maximum absolute atomic E-state index is 13.9. The molecule has 1 saturated heterocycles. The van der Waals surface area contributed by atoms with Crippen molar-refractivity contribution in [1.29, 1.82) is 0 Å². The summed E-state index contributed by atoms with van der Waals surface area (Å²) in [6, 6.07) is 3.73. The summed E-state index contributed by atoms with van der Waals surface area (Å²) in [5, 5.41) is 0.572. The quantitative estimate of drug-likeness (QED) is 0.416. The highest BCUT2D eigenvalue weighted by molar-refractivity contribution is 8.00. The summed E-state index contributed by atoms with van der Waals surface area (Å²) in [5.41, 5.74) is 0.420. The molecular formula is C10H8Cl4FN3OS. The van der Waals surface area contributed by atoms with E-state index in [0.29, 0.717) is 10.7 Å². The Hall–Kier alpha value is -0.110. The zero-order valence-electron chi connectivity index (χ0n) is 9.93. The molecule has 10 heteroatoms. The molecule has 110 valence electrons. The molecule has 0 saturated carbocycles. The second kappa shape index (κ2) is 6.34. The number of nitrogens with zero attached hydrogens (tertiary/aromatic N) is 3. The monoisotopic (exact) mass is 377 g/mol. The summed E-state index contributed by atoms with van der Waals surface area (Å²) in [7, 11) is 0. The van der Waals surface area contributed by atoms with Crippen molar-refractivity contribution in [3.63, 3.8) is 0 Å². The van der Waals surface area contributed by atoms with Crippen molar-refractivity contribution >= 4 is 70.1 Å². The van der Waals surface area contributed by atoms with Gasteiger partial charge in [0.1, 0.15) is 6.17 Å². The number of hydrogen-bond acceptors (Lipinski definition) is 3. The minimum absolute atomic E-state index is 0.0460. The van der Waals surface area contributed by atoms with E-state index in [-0.39, 0.29) is 10.3 Å². The number of halogens is 5. The Kier molecular flexibility index (Phi) is 5.15. The molecule has 0 radical (unpaired) electrons. The van der Waals surface area contributed by atoms with Crippen LogP contribution in [0.2, 0.25) is 10.0 Å². The van der Waals surface area contributed by atoms with Crippen molar-refractivity contribution in [2.45, 2.75) is 17.3 Å². The molecular weight excluding hydrogens is 371 g/mol. The van der Waals surface area contributed by atoms with E-state index in [4.69, 9.17) is 46.4 Å². The second-order valence-corrected chi connectivity index (χ2v) is 7.30. The molecule has 1 unspecified atom stereocenters. The van der Waals surface area contributed by atoms with E-state index in [1.807, 2.05) is 0 Å². The van der Waals surface area contributed by atoms with Crippen molar-refractivity contribution in [3.05, 3.63) is 28.2 Å². The standard InChI is InChI=1S/C10H8Cl4FN3OS/c1-5-16(6-2-3-7(11)8(12)4-6)10(19)17(15)18(5)20-9(13)14/h2-5,9H,1H3. The average Bonchev–Trinajstić information content (AvgIpc) is 2.57. The largest absolute Gasteiger partial charge is 0.370 e. The number of benzene rings is 1. The highest BCUT2D eigenvalue weighted by Gasteiger charge is 2.45. The summed E-state index contributed by atoms with van der Waals surface area (Å²) >= 11 is 23.7. The van der Waals surface area contributed by atoms with Crippen molar-refractivity contribution < 1.29 is 9.28 Å². The molecule has 0 bridgehead atoms. The fourth-order valence-corrected chi connectivity index (χ4v) is 3.12. The van der Waals surface area contributed by atoms with Crippen LogP contribution in [0.5, 0.6) is 0 Å². The minimum atomic E-state index is -0.905. The number of urea groups is 1. The number of rotatable bonds is 3. The number of hydrogen-bond donors (Lipinski definition) is 0. The predicted molar refractivity (Wildman–Crippen MR) is 81.7 cm³/mol. The smallest absolute Gasteiger partial charge is 0.272 e. The maximum Gasteiger partial charge on any atom is 0.370 e. The third kappa shape index (κ3) is 3.05.